The number of anilines is 1. The Kier molecular flexibility index (Phi) is 4.94. The average molecular weight is 369 g/mol. The highest BCUT2D eigenvalue weighted by atomic mass is 32.1. The maximum atomic E-state index is 12.6. The molecule has 0 unspecified atom stereocenters. The minimum absolute atomic E-state index is 0.0901. The van der Waals surface area contributed by atoms with Gasteiger partial charge in [0.1, 0.15) is 5.56 Å². The average Bonchev–Trinajstić information content (AvgIpc) is 3.12. The zero-order valence-corrected chi connectivity index (χ0v) is 14.6. The molecule has 0 saturated heterocycles. The summed E-state index contributed by atoms with van der Waals surface area (Å²) in [6.45, 7) is 1.51. The third-order valence-electron chi connectivity index (χ3n) is 3.73. The summed E-state index contributed by atoms with van der Waals surface area (Å²) < 4.78 is 0.979. The summed E-state index contributed by atoms with van der Waals surface area (Å²) in [7, 11) is 0. The van der Waals surface area contributed by atoms with E-state index in [0.29, 0.717) is 11.3 Å². The van der Waals surface area contributed by atoms with Crippen LogP contribution in [0.4, 0.5) is 5.69 Å². The molecular formula is C18H15N3O4S. The van der Waals surface area contributed by atoms with Gasteiger partial charge in [0, 0.05) is 22.3 Å². The Bertz CT molecular complexity index is 1080. The normalized spacial score (nSPS) is 10.5. The van der Waals surface area contributed by atoms with Crippen LogP contribution in [0.3, 0.4) is 0 Å². The molecule has 0 bridgehead atoms. The maximum absolute atomic E-state index is 12.6. The van der Waals surface area contributed by atoms with Crippen molar-refractivity contribution >= 4 is 28.7 Å². The van der Waals surface area contributed by atoms with Gasteiger partial charge in [-0.3, -0.25) is 19.0 Å². The van der Waals surface area contributed by atoms with Crippen LogP contribution in [0.1, 0.15) is 32.5 Å². The number of H-pyrrole nitrogens is 1. The third-order valence-corrected chi connectivity index (χ3v) is 4.59. The van der Waals surface area contributed by atoms with Crippen LogP contribution in [0, 0.1) is 0 Å². The van der Waals surface area contributed by atoms with Crippen LogP contribution in [-0.2, 0) is 6.54 Å². The Morgan fingerprint density at radius 2 is 2.00 bits per heavy atom. The van der Waals surface area contributed by atoms with Gasteiger partial charge in [-0.15, -0.1) is 11.3 Å². The van der Waals surface area contributed by atoms with Crippen LogP contribution < -0.4 is 16.6 Å². The third kappa shape index (κ3) is 3.70. The number of carbonyl (C=O) groups is 2. The second-order valence-corrected chi connectivity index (χ2v) is 6.60. The first-order valence-electron chi connectivity index (χ1n) is 7.73. The number of aromatic nitrogens is 2. The van der Waals surface area contributed by atoms with Crippen molar-refractivity contribution in [3.63, 3.8) is 0 Å². The van der Waals surface area contributed by atoms with E-state index in [2.05, 4.69) is 10.3 Å². The zero-order chi connectivity index (χ0) is 18.7. The molecule has 2 heterocycles. The molecular weight excluding hydrogens is 354 g/mol. The molecule has 132 valence electrons. The van der Waals surface area contributed by atoms with E-state index in [1.165, 1.54) is 24.3 Å². The number of benzene rings is 1. The minimum atomic E-state index is -0.678. The predicted octanol–water partition coefficient (Wildman–Crippen LogP) is 2.10. The van der Waals surface area contributed by atoms with E-state index in [1.807, 2.05) is 11.4 Å². The van der Waals surface area contributed by atoms with Crippen LogP contribution >= 0.6 is 11.3 Å². The molecule has 0 radical (unpaired) electrons. The van der Waals surface area contributed by atoms with Gasteiger partial charge in [-0.2, -0.15) is 0 Å². The number of hydrogen-bond donors (Lipinski definition) is 2. The van der Waals surface area contributed by atoms with Gasteiger partial charge < -0.3 is 10.3 Å². The fourth-order valence-electron chi connectivity index (χ4n) is 2.39. The molecule has 0 aliphatic heterocycles. The standard InChI is InChI=1S/C18H15N3O4S/c1-11(22)12-4-2-5-13(8-12)20-16(23)15-9-19-18(25)21(17(15)24)10-14-6-3-7-26-14/h2-9H,10H2,1H3,(H,19,25)(H,20,23). The van der Waals surface area contributed by atoms with Gasteiger partial charge in [0.2, 0.25) is 0 Å². The van der Waals surface area contributed by atoms with Crippen molar-refractivity contribution in [1.82, 2.24) is 9.55 Å². The first kappa shape index (κ1) is 17.6. The SMILES string of the molecule is CC(=O)c1cccc(NC(=O)c2c[nH]c(=O)n(Cc3cccs3)c2=O)c1. The molecule has 2 aromatic heterocycles. The molecule has 7 nitrogen and oxygen atoms in total. The van der Waals surface area contributed by atoms with Crippen molar-refractivity contribution in [2.75, 3.05) is 5.32 Å². The van der Waals surface area contributed by atoms with Gasteiger partial charge in [-0.1, -0.05) is 18.2 Å². The zero-order valence-electron chi connectivity index (χ0n) is 13.8. The van der Waals surface area contributed by atoms with Crippen LogP contribution in [-0.4, -0.2) is 21.2 Å². The van der Waals surface area contributed by atoms with Gasteiger partial charge in [0.15, 0.2) is 5.78 Å². The number of thiophene rings is 1. The van der Waals surface area contributed by atoms with Gasteiger partial charge in [-0.25, -0.2) is 4.79 Å². The van der Waals surface area contributed by atoms with Crippen molar-refractivity contribution in [2.45, 2.75) is 13.5 Å². The van der Waals surface area contributed by atoms with Crippen molar-refractivity contribution < 1.29 is 9.59 Å². The van der Waals surface area contributed by atoms with Crippen LogP contribution in [0.25, 0.3) is 0 Å². The number of hydrogen-bond acceptors (Lipinski definition) is 5. The summed E-state index contributed by atoms with van der Waals surface area (Å²) in [5.41, 5.74) is -0.618. The molecule has 1 amide bonds. The van der Waals surface area contributed by atoms with E-state index in [0.717, 1.165) is 15.6 Å². The molecule has 0 atom stereocenters. The largest absolute Gasteiger partial charge is 0.328 e. The number of rotatable bonds is 5. The molecule has 26 heavy (non-hydrogen) atoms. The highest BCUT2D eigenvalue weighted by Crippen LogP contribution is 2.12. The lowest BCUT2D eigenvalue weighted by Gasteiger charge is -2.08. The monoisotopic (exact) mass is 369 g/mol. The molecule has 0 spiro atoms. The summed E-state index contributed by atoms with van der Waals surface area (Å²) in [5, 5.41) is 4.42. The molecule has 3 aromatic rings. The van der Waals surface area contributed by atoms with E-state index < -0.39 is 17.2 Å². The highest BCUT2D eigenvalue weighted by Gasteiger charge is 2.16. The van der Waals surface area contributed by atoms with E-state index in [1.54, 1.807) is 24.3 Å². The van der Waals surface area contributed by atoms with E-state index in [4.69, 9.17) is 0 Å². The Morgan fingerprint density at radius 1 is 1.19 bits per heavy atom. The van der Waals surface area contributed by atoms with Crippen molar-refractivity contribution in [3.8, 4) is 0 Å². The molecule has 2 N–H and O–H groups in total. The molecule has 0 aliphatic rings. The van der Waals surface area contributed by atoms with E-state index in [9.17, 15) is 19.2 Å². The summed E-state index contributed by atoms with van der Waals surface area (Å²) in [4.78, 5) is 51.6. The van der Waals surface area contributed by atoms with Crippen molar-refractivity contribution in [2.24, 2.45) is 0 Å². The minimum Gasteiger partial charge on any atom is -0.322 e. The number of Topliss-reactive ketones (excluding diaryl/α,β-unsaturated/α-hetero) is 1. The fraction of sp³-hybridized carbons (Fsp3) is 0.111. The van der Waals surface area contributed by atoms with Gasteiger partial charge in [-0.05, 0) is 30.5 Å². The smallest absolute Gasteiger partial charge is 0.322 e. The quantitative estimate of drug-likeness (QED) is 0.673. The Balaban J connectivity index is 1.90. The Labute approximate surface area is 151 Å². The highest BCUT2D eigenvalue weighted by molar-refractivity contribution is 7.09. The van der Waals surface area contributed by atoms with E-state index >= 15 is 0 Å². The molecule has 0 fully saturated rings. The number of ketones is 1. The number of amides is 1. The maximum Gasteiger partial charge on any atom is 0.328 e. The van der Waals surface area contributed by atoms with Gasteiger partial charge in [0.05, 0.1) is 6.54 Å². The molecule has 0 aliphatic carbocycles. The Hall–Kier alpha value is -3.26. The van der Waals surface area contributed by atoms with Crippen LogP contribution in [0.5, 0.6) is 0 Å². The predicted molar refractivity (Wildman–Crippen MR) is 99.1 cm³/mol. The summed E-state index contributed by atoms with van der Waals surface area (Å²) >= 11 is 1.41. The van der Waals surface area contributed by atoms with Crippen molar-refractivity contribution in [1.29, 1.82) is 0 Å². The number of nitrogens with zero attached hydrogens (tertiary/aromatic N) is 1. The second-order valence-electron chi connectivity index (χ2n) is 5.57. The summed E-state index contributed by atoms with van der Waals surface area (Å²) in [6.07, 6.45) is 1.10. The molecule has 0 saturated carbocycles. The lowest BCUT2D eigenvalue weighted by molar-refractivity contribution is 0.101. The Morgan fingerprint density at radius 3 is 2.69 bits per heavy atom. The summed E-state index contributed by atoms with van der Waals surface area (Å²) in [5.74, 6) is -0.796. The molecule has 8 heteroatoms. The van der Waals surface area contributed by atoms with Crippen LogP contribution in [0.15, 0.2) is 57.6 Å². The van der Waals surface area contributed by atoms with Crippen molar-refractivity contribution in [3.05, 3.63) is 84.8 Å². The van der Waals surface area contributed by atoms with Gasteiger partial charge in [0.25, 0.3) is 11.5 Å². The number of carbonyl (C=O) groups excluding carboxylic acids is 2. The lowest BCUT2D eigenvalue weighted by Crippen LogP contribution is -2.39. The van der Waals surface area contributed by atoms with Crippen LogP contribution in [0.2, 0.25) is 0 Å². The topological polar surface area (TPSA) is 101 Å². The molecule has 1 aromatic carbocycles. The first-order chi connectivity index (χ1) is 12.5. The van der Waals surface area contributed by atoms with Gasteiger partial charge >= 0.3 is 5.69 Å². The van der Waals surface area contributed by atoms with E-state index in [-0.39, 0.29) is 17.9 Å². The second kappa shape index (κ2) is 7.32. The summed E-state index contributed by atoms with van der Waals surface area (Å²) in [6, 6.07) is 10.0. The number of aromatic amines is 1. The molecule has 3 rings (SSSR count). The number of nitrogens with one attached hydrogen (secondary N) is 2. The fourth-order valence-corrected chi connectivity index (χ4v) is 3.08. The lowest BCUT2D eigenvalue weighted by atomic mass is 10.1. The first-order valence-corrected chi connectivity index (χ1v) is 8.61.